The van der Waals surface area contributed by atoms with Gasteiger partial charge in [-0.2, -0.15) is 0 Å². The molecule has 0 aliphatic heterocycles. The summed E-state index contributed by atoms with van der Waals surface area (Å²) in [5, 5.41) is 3.49. The van der Waals surface area contributed by atoms with Gasteiger partial charge < -0.3 is 14.6 Å². The maximum atomic E-state index is 13.6. The largest absolute Gasteiger partial charge is 0.464 e. The van der Waals surface area contributed by atoms with Gasteiger partial charge in [-0.25, -0.2) is 9.18 Å². The summed E-state index contributed by atoms with van der Waals surface area (Å²) in [4.78, 5) is 21.0. The standard InChI is InChI=1S/C25H23FN4O2/c1-30-23(25(31)32-2)21(18-3-5-20(26)6-4-18)22(19-10-14-28-15-11-19)24(30)29-16-9-17-7-12-27-13-8-17/h3-8,10-15,29H,9,16H2,1-2H3. The maximum Gasteiger partial charge on any atom is 0.355 e. The second-order valence-corrected chi connectivity index (χ2v) is 7.27. The van der Waals surface area contributed by atoms with E-state index in [1.165, 1.54) is 19.2 Å². The molecule has 4 aromatic rings. The number of anilines is 1. The predicted molar refractivity (Wildman–Crippen MR) is 122 cm³/mol. The number of hydrogen-bond donors (Lipinski definition) is 1. The summed E-state index contributed by atoms with van der Waals surface area (Å²) in [6, 6.07) is 13.8. The number of hydrogen-bond acceptors (Lipinski definition) is 5. The molecule has 4 rings (SSSR count). The number of benzene rings is 1. The first-order valence-electron chi connectivity index (χ1n) is 10.2. The van der Waals surface area contributed by atoms with Crippen LogP contribution >= 0.6 is 0 Å². The van der Waals surface area contributed by atoms with Crippen LogP contribution in [0.25, 0.3) is 22.3 Å². The van der Waals surface area contributed by atoms with Gasteiger partial charge in [-0.1, -0.05) is 12.1 Å². The van der Waals surface area contributed by atoms with Crippen molar-refractivity contribution < 1.29 is 13.9 Å². The predicted octanol–water partition coefficient (Wildman–Crippen LogP) is 4.73. The second-order valence-electron chi connectivity index (χ2n) is 7.27. The molecule has 3 heterocycles. The molecule has 0 saturated carbocycles. The van der Waals surface area contributed by atoms with Crippen LogP contribution < -0.4 is 5.32 Å². The van der Waals surface area contributed by atoms with Gasteiger partial charge in [0.25, 0.3) is 0 Å². The summed E-state index contributed by atoms with van der Waals surface area (Å²) in [5.74, 6) is -0.0419. The molecule has 0 radical (unpaired) electrons. The third kappa shape index (κ3) is 4.23. The monoisotopic (exact) mass is 430 g/mol. The number of carbonyl (C=O) groups is 1. The molecular weight excluding hydrogens is 407 g/mol. The van der Waals surface area contributed by atoms with Crippen molar-refractivity contribution in [1.29, 1.82) is 0 Å². The number of halogens is 1. The quantitative estimate of drug-likeness (QED) is 0.429. The van der Waals surface area contributed by atoms with Crippen LogP contribution in [0.3, 0.4) is 0 Å². The topological polar surface area (TPSA) is 69.0 Å². The molecule has 0 fully saturated rings. The van der Waals surface area contributed by atoms with Crippen LogP contribution in [0.2, 0.25) is 0 Å². The molecule has 32 heavy (non-hydrogen) atoms. The number of rotatable bonds is 7. The number of esters is 1. The van der Waals surface area contributed by atoms with Crippen LogP contribution in [0.4, 0.5) is 10.2 Å². The minimum atomic E-state index is -0.468. The first-order chi connectivity index (χ1) is 15.6. The van der Waals surface area contributed by atoms with Gasteiger partial charge in [0.2, 0.25) is 0 Å². The van der Waals surface area contributed by atoms with Crippen molar-refractivity contribution in [3.8, 4) is 22.3 Å². The SMILES string of the molecule is COC(=O)c1c(-c2ccc(F)cc2)c(-c2ccncc2)c(NCCc2ccncc2)n1C. The van der Waals surface area contributed by atoms with Gasteiger partial charge in [0.05, 0.1) is 7.11 Å². The summed E-state index contributed by atoms with van der Waals surface area (Å²) < 4.78 is 20.5. The van der Waals surface area contributed by atoms with Crippen molar-refractivity contribution in [2.24, 2.45) is 7.05 Å². The number of pyridine rings is 2. The molecule has 7 heteroatoms. The molecule has 3 aromatic heterocycles. The summed E-state index contributed by atoms with van der Waals surface area (Å²) in [7, 11) is 3.17. The molecule has 0 aliphatic rings. The minimum Gasteiger partial charge on any atom is -0.464 e. The van der Waals surface area contributed by atoms with Crippen LogP contribution in [-0.4, -0.2) is 34.2 Å². The van der Waals surface area contributed by atoms with E-state index < -0.39 is 5.97 Å². The highest BCUT2D eigenvalue weighted by Gasteiger charge is 2.28. The Kier molecular flexibility index (Phi) is 6.26. The molecule has 162 valence electrons. The van der Waals surface area contributed by atoms with Gasteiger partial charge >= 0.3 is 5.97 Å². The van der Waals surface area contributed by atoms with E-state index in [4.69, 9.17) is 4.74 Å². The number of ether oxygens (including phenoxy) is 1. The summed E-state index contributed by atoms with van der Waals surface area (Å²) in [5.41, 5.74) is 4.65. The lowest BCUT2D eigenvalue weighted by atomic mass is 9.96. The van der Waals surface area contributed by atoms with Crippen molar-refractivity contribution in [2.75, 3.05) is 19.0 Å². The molecule has 1 N–H and O–H groups in total. The minimum absolute atomic E-state index is 0.342. The number of nitrogens with zero attached hydrogens (tertiary/aromatic N) is 3. The first-order valence-corrected chi connectivity index (χ1v) is 10.2. The molecule has 0 saturated heterocycles. The van der Waals surface area contributed by atoms with E-state index in [0.29, 0.717) is 17.8 Å². The lowest BCUT2D eigenvalue weighted by molar-refractivity contribution is 0.0591. The molecule has 0 atom stereocenters. The highest BCUT2D eigenvalue weighted by Crippen LogP contribution is 2.42. The van der Waals surface area contributed by atoms with Gasteiger partial charge in [0.15, 0.2) is 0 Å². The fraction of sp³-hybridized carbons (Fsp3) is 0.160. The Morgan fingerprint density at radius 1 is 0.938 bits per heavy atom. The third-order valence-corrected chi connectivity index (χ3v) is 5.33. The van der Waals surface area contributed by atoms with Crippen molar-refractivity contribution in [2.45, 2.75) is 6.42 Å². The van der Waals surface area contributed by atoms with E-state index in [9.17, 15) is 9.18 Å². The van der Waals surface area contributed by atoms with E-state index in [-0.39, 0.29) is 5.82 Å². The molecule has 0 spiro atoms. The maximum absolute atomic E-state index is 13.6. The lowest BCUT2D eigenvalue weighted by Gasteiger charge is -2.12. The Morgan fingerprint density at radius 3 is 2.16 bits per heavy atom. The lowest BCUT2D eigenvalue weighted by Crippen LogP contribution is -2.13. The fourth-order valence-corrected chi connectivity index (χ4v) is 3.80. The van der Waals surface area contributed by atoms with Gasteiger partial charge in [0, 0.05) is 49.5 Å². The second kappa shape index (κ2) is 9.43. The zero-order chi connectivity index (χ0) is 22.5. The number of aromatic nitrogens is 3. The summed E-state index contributed by atoms with van der Waals surface area (Å²) >= 11 is 0. The van der Waals surface area contributed by atoms with Crippen LogP contribution in [0, 0.1) is 5.82 Å². The van der Waals surface area contributed by atoms with Gasteiger partial charge in [0.1, 0.15) is 17.3 Å². The smallest absolute Gasteiger partial charge is 0.355 e. The molecule has 0 bridgehead atoms. The molecule has 1 aromatic carbocycles. The fourth-order valence-electron chi connectivity index (χ4n) is 3.80. The van der Waals surface area contributed by atoms with E-state index in [1.54, 1.807) is 41.5 Å². The summed E-state index contributed by atoms with van der Waals surface area (Å²) in [6.07, 6.45) is 7.72. The van der Waals surface area contributed by atoms with Crippen LogP contribution in [-0.2, 0) is 18.2 Å². The van der Waals surface area contributed by atoms with E-state index in [0.717, 1.165) is 34.5 Å². The third-order valence-electron chi connectivity index (χ3n) is 5.33. The van der Waals surface area contributed by atoms with Gasteiger partial charge in [-0.3, -0.25) is 9.97 Å². The van der Waals surface area contributed by atoms with E-state index in [1.807, 2.05) is 31.3 Å². The number of methoxy groups -OCH3 is 1. The molecule has 0 amide bonds. The first kappa shape index (κ1) is 21.2. The molecule has 0 aliphatic carbocycles. The highest BCUT2D eigenvalue weighted by atomic mass is 19.1. The van der Waals surface area contributed by atoms with Crippen molar-refractivity contribution >= 4 is 11.8 Å². The number of carbonyl (C=O) groups excluding carboxylic acids is 1. The van der Waals surface area contributed by atoms with Gasteiger partial charge in [-0.05, 0) is 59.5 Å². The van der Waals surface area contributed by atoms with Crippen molar-refractivity contribution in [1.82, 2.24) is 14.5 Å². The van der Waals surface area contributed by atoms with Crippen LogP contribution in [0.1, 0.15) is 16.1 Å². The molecule has 0 unspecified atom stereocenters. The van der Waals surface area contributed by atoms with Crippen LogP contribution in [0.15, 0.2) is 73.3 Å². The average Bonchev–Trinajstić information content (AvgIpc) is 3.12. The molecular formula is C25H23FN4O2. The average molecular weight is 430 g/mol. The Balaban J connectivity index is 1.86. The van der Waals surface area contributed by atoms with Crippen molar-refractivity contribution in [3.05, 3.63) is 90.4 Å². The van der Waals surface area contributed by atoms with Crippen molar-refractivity contribution in [3.63, 3.8) is 0 Å². The normalized spacial score (nSPS) is 10.7. The summed E-state index contributed by atoms with van der Waals surface area (Å²) in [6.45, 7) is 0.642. The van der Waals surface area contributed by atoms with Crippen LogP contribution in [0.5, 0.6) is 0 Å². The van der Waals surface area contributed by atoms with Gasteiger partial charge in [-0.15, -0.1) is 0 Å². The Labute approximate surface area is 185 Å². The Morgan fingerprint density at radius 2 is 1.53 bits per heavy atom. The zero-order valence-corrected chi connectivity index (χ0v) is 17.9. The molecule has 6 nitrogen and oxygen atoms in total. The highest BCUT2D eigenvalue weighted by molar-refractivity contribution is 6.05. The number of nitrogens with one attached hydrogen (secondary N) is 1. The Bertz CT molecular complexity index is 1210. The van der Waals surface area contributed by atoms with E-state index in [2.05, 4.69) is 15.3 Å². The van der Waals surface area contributed by atoms with E-state index >= 15 is 0 Å². The zero-order valence-electron chi connectivity index (χ0n) is 17.9. The Hall–Kier alpha value is -4.00.